The van der Waals surface area contributed by atoms with Crippen LogP contribution in [0.3, 0.4) is 0 Å². The molecule has 3 aromatic heterocycles. The van der Waals surface area contributed by atoms with Gasteiger partial charge in [0.1, 0.15) is 5.82 Å². The van der Waals surface area contributed by atoms with Crippen LogP contribution in [0, 0.1) is 0 Å². The van der Waals surface area contributed by atoms with Gasteiger partial charge in [-0.1, -0.05) is 17.7 Å². The van der Waals surface area contributed by atoms with Crippen molar-refractivity contribution in [1.29, 1.82) is 0 Å². The number of nitrogens with one attached hydrogen (secondary N) is 1. The van der Waals surface area contributed by atoms with Gasteiger partial charge in [0.15, 0.2) is 5.11 Å². The van der Waals surface area contributed by atoms with Crippen LogP contribution >= 0.6 is 23.8 Å². The van der Waals surface area contributed by atoms with E-state index in [1.54, 1.807) is 6.20 Å². The normalized spacial score (nSPS) is 19.6. The molecule has 1 aliphatic rings. The SMILES string of the molecule is CCN1C(=S)N[C@H](c2ccccn2)[C@H]1c1cccn1-c1ccc(Cl)cn1. The second kappa shape index (κ2) is 7.05. The van der Waals surface area contributed by atoms with Gasteiger partial charge in [-0.25, -0.2) is 4.98 Å². The van der Waals surface area contributed by atoms with Gasteiger partial charge < -0.3 is 14.8 Å². The highest BCUT2D eigenvalue weighted by Gasteiger charge is 2.40. The van der Waals surface area contributed by atoms with Gasteiger partial charge in [0.2, 0.25) is 0 Å². The van der Waals surface area contributed by atoms with Crippen molar-refractivity contribution in [2.45, 2.75) is 19.0 Å². The smallest absolute Gasteiger partial charge is 0.170 e. The number of halogens is 1. The molecule has 1 fully saturated rings. The predicted octanol–water partition coefficient (Wildman–Crippen LogP) is 3.91. The quantitative estimate of drug-likeness (QED) is 0.692. The zero-order valence-corrected chi connectivity index (χ0v) is 15.8. The second-order valence-corrected chi connectivity index (χ2v) is 6.87. The Morgan fingerprint density at radius 1 is 1.15 bits per heavy atom. The van der Waals surface area contributed by atoms with E-state index < -0.39 is 0 Å². The third-order valence-corrected chi connectivity index (χ3v) is 5.16. The van der Waals surface area contributed by atoms with E-state index in [4.69, 9.17) is 23.8 Å². The van der Waals surface area contributed by atoms with Gasteiger partial charge in [-0.2, -0.15) is 0 Å². The fourth-order valence-electron chi connectivity index (χ4n) is 3.42. The van der Waals surface area contributed by atoms with Crippen LogP contribution in [0.2, 0.25) is 5.02 Å². The number of hydrogen-bond donors (Lipinski definition) is 1. The van der Waals surface area contributed by atoms with Gasteiger partial charge in [0, 0.05) is 30.8 Å². The van der Waals surface area contributed by atoms with E-state index in [1.807, 2.05) is 48.8 Å². The van der Waals surface area contributed by atoms with E-state index in [9.17, 15) is 0 Å². The minimum atomic E-state index is -0.0235. The lowest BCUT2D eigenvalue weighted by Crippen LogP contribution is -2.30. The lowest BCUT2D eigenvalue weighted by Gasteiger charge is -2.27. The van der Waals surface area contributed by atoms with Crippen molar-refractivity contribution in [2.75, 3.05) is 6.54 Å². The van der Waals surface area contributed by atoms with Crippen LogP contribution in [0.25, 0.3) is 5.82 Å². The highest BCUT2D eigenvalue weighted by molar-refractivity contribution is 7.80. The highest BCUT2D eigenvalue weighted by Crippen LogP contribution is 2.39. The first kappa shape index (κ1) is 17.0. The molecule has 132 valence electrons. The van der Waals surface area contributed by atoms with Gasteiger partial charge in [0.05, 0.1) is 22.8 Å². The Bertz CT molecular complexity index is 909. The van der Waals surface area contributed by atoms with E-state index in [2.05, 4.69) is 37.7 Å². The summed E-state index contributed by atoms with van der Waals surface area (Å²) in [6, 6.07) is 13.8. The van der Waals surface area contributed by atoms with E-state index in [0.29, 0.717) is 5.02 Å². The summed E-state index contributed by atoms with van der Waals surface area (Å²) in [5.74, 6) is 0.822. The zero-order valence-electron chi connectivity index (χ0n) is 14.2. The van der Waals surface area contributed by atoms with Crippen molar-refractivity contribution < 1.29 is 0 Å². The summed E-state index contributed by atoms with van der Waals surface area (Å²) >= 11 is 11.6. The van der Waals surface area contributed by atoms with Crippen LogP contribution in [-0.2, 0) is 0 Å². The minimum Gasteiger partial charge on any atom is -0.352 e. The molecular weight excluding hydrogens is 366 g/mol. The van der Waals surface area contributed by atoms with E-state index in [1.165, 1.54) is 0 Å². The largest absolute Gasteiger partial charge is 0.352 e. The van der Waals surface area contributed by atoms with Crippen molar-refractivity contribution in [2.24, 2.45) is 0 Å². The van der Waals surface area contributed by atoms with Gasteiger partial charge in [-0.3, -0.25) is 4.98 Å². The van der Waals surface area contributed by atoms with Crippen molar-refractivity contribution in [1.82, 2.24) is 24.8 Å². The molecule has 7 heteroatoms. The number of aromatic nitrogens is 3. The molecule has 1 aliphatic heterocycles. The van der Waals surface area contributed by atoms with Crippen LogP contribution < -0.4 is 5.32 Å². The first-order chi connectivity index (χ1) is 12.7. The molecule has 5 nitrogen and oxygen atoms in total. The molecule has 0 spiro atoms. The maximum Gasteiger partial charge on any atom is 0.170 e. The molecule has 2 atom stereocenters. The molecule has 0 saturated carbocycles. The van der Waals surface area contributed by atoms with Crippen molar-refractivity contribution in [3.05, 3.63) is 77.5 Å². The molecule has 0 aromatic carbocycles. The fraction of sp³-hybridized carbons (Fsp3) is 0.211. The molecule has 4 heterocycles. The topological polar surface area (TPSA) is 46.0 Å². The Kier molecular flexibility index (Phi) is 4.61. The van der Waals surface area contributed by atoms with Crippen LogP contribution in [0.5, 0.6) is 0 Å². The van der Waals surface area contributed by atoms with Crippen molar-refractivity contribution >= 4 is 28.9 Å². The molecule has 4 rings (SSSR count). The Morgan fingerprint density at radius 2 is 2.04 bits per heavy atom. The molecule has 0 unspecified atom stereocenters. The van der Waals surface area contributed by atoms with Gasteiger partial charge in [0.25, 0.3) is 0 Å². The highest BCUT2D eigenvalue weighted by atomic mass is 35.5. The molecule has 0 radical (unpaired) electrons. The number of nitrogens with zero attached hydrogens (tertiary/aromatic N) is 4. The lowest BCUT2D eigenvalue weighted by atomic mass is 10.0. The van der Waals surface area contributed by atoms with E-state index >= 15 is 0 Å². The summed E-state index contributed by atoms with van der Waals surface area (Å²) in [6.07, 6.45) is 5.48. The first-order valence-electron chi connectivity index (χ1n) is 8.46. The second-order valence-electron chi connectivity index (χ2n) is 6.05. The van der Waals surface area contributed by atoms with Crippen LogP contribution in [-0.4, -0.2) is 31.1 Å². The number of rotatable bonds is 4. The molecular formula is C19H18ClN5S. The average Bonchev–Trinajstić information content (AvgIpc) is 3.27. The number of likely N-dealkylation sites (N-methyl/N-ethyl adjacent to an activating group) is 1. The first-order valence-corrected chi connectivity index (χ1v) is 9.25. The molecule has 0 aliphatic carbocycles. The van der Waals surface area contributed by atoms with Crippen LogP contribution in [0.4, 0.5) is 0 Å². The number of thiocarbonyl (C=S) groups is 1. The Hall–Kier alpha value is -2.44. The van der Waals surface area contributed by atoms with Gasteiger partial charge in [-0.15, -0.1) is 0 Å². The predicted molar refractivity (Wildman–Crippen MR) is 106 cm³/mol. The summed E-state index contributed by atoms with van der Waals surface area (Å²) in [4.78, 5) is 11.2. The molecule has 0 amide bonds. The minimum absolute atomic E-state index is 0.0230. The maximum absolute atomic E-state index is 5.99. The Balaban J connectivity index is 1.80. The van der Waals surface area contributed by atoms with Crippen molar-refractivity contribution in [3.8, 4) is 5.82 Å². The molecule has 1 N–H and O–H groups in total. The number of hydrogen-bond acceptors (Lipinski definition) is 3. The maximum atomic E-state index is 5.99. The summed E-state index contributed by atoms with van der Waals surface area (Å²) in [6.45, 7) is 2.91. The zero-order chi connectivity index (χ0) is 18.1. The summed E-state index contributed by atoms with van der Waals surface area (Å²) < 4.78 is 2.08. The summed E-state index contributed by atoms with van der Waals surface area (Å²) in [7, 11) is 0. The lowest BCUT2D eigenvalue weighted by molar-refractivity contribution is 0.321. The number of pyridine rings is 2. The standard InChI is InChI=1S/C19H18ClN5S/c1-2-24-18(17(23-19(24)26)14-6-3-4-10-21-14)15-7-5-11-25(15)16-9-8-13(20)12-22-16/h3-12,17-18H,2H2,1H3,(H,23,26)/t17-,18-/m1/s1. The Morgan fingerprint density at radius 3 is 2.73 bits per heavy atom. The summed E-state index contributed by atoms with van der Waals surface area (Å²) in [5, 5.41) is 4.80. The third-order valence-electron chi connectivity index (χ3n) is 4.58. The molecule has 3 aromatic rings. The molecule has 1 saturated heterocycles. The van der Waals surface area contributed by atoms with Gasteiger partial charge >= 0.3 is 0 Å². The average molecular weight is 384 g/mol. The van der Waals surface area contributed by atoms with E-state index in [-0.39, 0.29) is 12.1 Å². The van der Waals surface area contributed by atoms with Crippen LogP contribution in [0.1, 0.15) is 30.4 Å². The summed E-state index contributed by atoms with van der Waals surface area (Å²) in [5.41, 5.74) is 2.07. The van der Waals surface area contributed by atoms with Gasteiger partial charge in [-0.05, 0) is 55.5 Å². The molecule has 26 heavy (non-hydrogen) atoms. The van der Waals surface area contributed by atoms with E-state index in [0.717, 1.165) is 28.9 Å². The fourth-order valence-corrected chi connectivity index (χ4v) is 3.90. The Labute approximate surface area is 162 Å². The van der Waals surface area contributed by atoms with Crippen molar-refractivity contribution in [3.63, 3.8) is 0 Å². The third kappa shape index (κ3) is 2.95. The monoisotopic (exact) mass is 383 g/mol. The molecule has 0 bridgehead atoms. The van der Waals surface area contributed by atoms with Crippen LogP contribution in [0.15, 0.2) is 61.1 Å².